The van der Waals surface area contributed by atoms with Crippen molar-refractivity contribution in [1.29, 1.82) is 0 Å². The first-order chi connectivity index (χ1) is 8.42. The molecule has 0 bridgehead atoms. The van der Waals surface area contributed by atoms with Gasteiger partial charge in [-0.25, -0.2) is 0 Å². The van der Waals surface area contributed by atoms with Crippen molar-refractivity contribution in [3.63, 3.8) is 0 Å². The van der Waals surface area contributed by atoms with E-state index in [9.17, 15) is 9.59 Å². The number of aryl methyl sites for hydroxylation is 2. The first-order valence-corrected chi connectivity index (χ1v) is 5.51. The third-order valence-corrected chi connectivity index (χ3v) is 2.88. The summed E-state index contributed by atoms with van der Waals surface area (Å²) in [5.41, 5.74) is 2.18. The molecule has 0 spiro atoms. The molecule has 0 saturated carbocycles. The number of Topliss-reactive ketones (excluding diaryl/α,β-unsaturated/α-hetero) is 1. The van der Waals surface area contributed by atoms with Crippen molar-refractivity contribution < 1.29 is 19.4 Å². The third-order valence-electron chi connectivity index (χ3n) is 2.88. The predicted molar refractivity (Wildman–Crippen MR) is 67.3 cm³/mol. The van der Waals surface area contributed by atoms with Crippen LogP contribution in [0.2, 0.25) is 0 Å². The maximum atomic E-state index is 12.1. The Morgan fingerprint density at radius 3 is 2.28 bits per heavy atom. The Balaban J connectivity index is 3.27. The number of ketones is 1. The number of aliphatic carboxylic acids is 1. The first-order valence-electron chi connectivity index (χ1n) is 5.51. The highest BCUT2D eigenvalue weighted by atomic mass is 16.5. The fourth-order valence-corrected chi connectivity index (χ4v) is 1.67. The number of rotatable bonds is 5. The average molecular weight is 251 g/mol. The van der Waals surface area contributed by atoms with Crippen LogP contribution in [0.4, 0.5) is 0 Å². The van der Waals surface area contributed by atoms with E-state index in [2.05, 4.69) is 5.32 Å². The summed E-state index contributed by atoms with van der Waals surface area (Å²) in [5.74, 6) is -1.32. The van der Waals surface area contributed by atoms with Crippen molar-refractivity contribution in [3.8, 4) is 5.75 Å². The fraction of sp³-hybridized carbons (Fsp3) is 0.385. The molecule has 98 valence electrons. The fourth-order valence-electron chi connectivity index (χ4n) is 1.67. The lowest BCUT2D eigenvalue weighted by molar-refractivity contribution is -0.137. The Hall–Kier alpha value is -1.88. The third kappa shape index (κ3) is 2.68. The van der Waals surface area contributed by atoms with Gasteiger partial charge in [-0.15, -0.1) is 0 Å². The van der Waals surface area contributed by atoms with Gasteiger partial charge in [0.15, 0.2) is 11.8 Å². The molecule has 0 aliphatic heterocycles. The zero-order valence-corrected chi connectivity index (χ0v) is 10.9. The summed E-state index contributed by atoms with van der Waals surface area (Å²) in [6, 6.07) is 2.13. The number of benzene rings is 1. The van der Waals surface area contributed by atoms with Crippen LogP contribution in [0.5, 0.6) is 5.75 Å². The summed E-state index contributed by atoms with van der Waals surface area (Å²) < 4.78 is 5.14. The van der Waals surface area contributed by atoms with Crippen molar-refractivity contribution >= 4 is 11.8 Å². The molecule has 5 heteroatoms. The van der Waals surface area contributed by atoms with Gasteiger partial charge >= 0.3 is 5.97 Å². The maximum absolute atomic E-state index is 12.1. The minimum atomic E-state index is -1.26. The van der Waals surface area contributed by atoms with Crippen LogP contribution in [-0.4, -0.2) is 37.1 Å². The van der Waals surface area contributed by atoms with Gasteiger partial charge < -0.3 is 15.2 Å². The second-order valence-electron chi connectivity index (χ2n) is 4.06. The van der Waals surface area contributed by atoms with Crippen molar-refractivity contribution in [2.75, 3.05) is 14.2 Å². The standard InChI is InChI=1S/C13H17NO4/c1-7-5-9(10(18-4)6-8(7)2)12(15)11(14-3)13(16)17/h5-6,11,14H,1-4H3,(H,16,17). The van der Waals surface area contributed by atoms with Gasteiger partial charge in [0, 0.05) is 0 Å². The molecule has 0 aliphatic carbocycles. The molecule has 0 heterocycles. The van der Waals surface area contributed by atoms with Crippen LogP contribution in [0.25, 0.3) is 0 Å². The van der Waals surface area contributed by atoms with E-state index >= 15 is 0 Å². The van der Waals surface area contributed by atoms with Gasteiger partial charge in [0.1, 0.15) is 5.75 Å². The van der Waals surface area contributed by atoms with Gasteiger partial charge in [0.2, 0.25) is 0 Å². The molecule has 2 N–H and O–H groups in total. The second kappa shape index (κ2) is 5.64. The average Bonchev–Trinajstić information content (AvgIpc) is 2.32. The Morgan fingerprint density at radius 2 is 1.83 bits per heavy atom. The van der Waals surface area contributed by atoms with E-state index in [-0.39, 0.29) is 5.56 Å². The number of nitrogens with one attached hydrogen (secondary N) is 1. The minimum absolute atomic E-state index is 0.280. The van der Waals surface area contributed by atoms with E-state index in [4.69, 9.17) is 9.84 Å². The quantitative estimate of drug-likeness (QED) is 0.607. The summed E-state index contributed by atoms with van der Waals surface area (Å²) in [6.45, 7) is 3.76. The molecule has 0 amide bonds. The van der Waals surface area contributed by atoms with Crippen LogP contribution in [0.3, 0.4) is 0 Å². The van der Waals surface area contributed by atoms with Crippen LogP contribution >= 0.6 is 0 Å². The van der Waals surface area contributed by atoms with Crippen LogP contribution in [-0.2, 0) is 4.79 Å². The van der Waals surface area contributed by atoms with Crippen LogP contribution in [0, 0.1) is 13.8 Å². The van der Waals surface area contributed by atoms with Crippen molar-refractivity contribution in [1.82, 2.24) is 5.32 Å². The molecule has 1 aromatic rings. The Kier molecular flexibility index (Phi) is 4.44. The smallest absolute Gasteiger partial charge is 0.328 e. The van der Waals surface area contributed by atoms with Gasteiger partial charge in [-0.3, -0.25) is 9.59 Å². The zero-order chi connectivity index (χ0) is 13.9. The molecular formula is C13H17NO4. The van der Waals surface area contributed by atoms with Gasteiger partial charge in [-0.2, -0.15) is 0 Å². The Labute approximate surface area is 106 Å². The summed E-state index contributed by atoms with van der Waals surface area (Å²) in [5, 5.41) is 11.4. The van der Waals surface area contributed by atoms with E-state index in [0.29, 0.717) is 5.75 Å². The molecule has 0 aliphatic rings. The molecule has 0 saturated heterocycles. The normalized spacial score (nSPS) is 12.0. The number of carbonyl (C=O) groups is 2. The summed E-state index contributed by atoms with van der Waals surface area (Å²) in [7, 11) is 2.89. The van der Waals surface area contributed by atoms with Crippen LogP contribution in [0.15, 0.2) is 12.1 Å². The zero-order valence-electron chi connectivity index (χ0n) is 10.9. The van der Waals surface area contributed by atoms with Gasteiger partial charge in [-0.1, -0.05) is 0 Å². The van der Waals surface area contributed by atoms with E-state index < -0.39 is 17.8 Å². The highest BCUT2D eigenvalue weighted by Crippen LogP contribution is 2.24. The van der Waals surface area contributed by atoms with Crippen molar-refractivity contribution in [2.24, 2.45) is 0 Å². The SMILES string of the molecule is CNC(C(=O)O)C(=O)c1cc(C)c(C)cc1OC. The number of hydrogen-bond donors (Lipinski definition) is 2. The van der Waals surface area contributed by atoms with E-state index in [1.54, 1.807) is 12.1 Å². The highest BCUT2D eigenvalue weighted by Gasteiger charge is 2.28. The van der Waals surface area contributed by atoms with Crippen molar-refractivity contribution in [3.05, 3.63) is 28.8 Å². The Bertz CT molecular complexity index is 482. The topological polar surface area (TPSA) is 75.6 Å². The second-order valence-corrected chi connectivity index (χ2v) is 4.06. The monoisotopic (exact) mass is 251 g/mol. The largest absolute Gasteiger partial charge is 0.496 e. The molecule has 0 fully saturated rings. The van der Waals surface area contributed by atoms with E-state index in [1.165, 1.54) is 14.2 Å². The lowest BCUT2D eigenvalue weighted by Gasteiger charge is -2.14. The van der Waals surface area contributed by atoms with Gasteiger partial charge in [0.25, 0.3) is 0 Å². The Morgan fingerprint density at radius 1 is 1.28 bits per heavy atom. The number of hydrogen-bond acceptors (Lipinski definition) is 4. The number of carboxylic acids is 1. The molecule has 1 aromatic carbocycles. The molecular weight excluding hydrogens is 234 g/mol. The lowest BCUT2D eigenvalue weighted by atomic mass is 9.98. The van der Waals surface area contributed by atoms with Gasteiger partial charge in [-0.05, 0) is 44.2 Å². The molecule has 5 nitrogen and oxygen atoms in total. The highest BCUT2D eigenvalue weighted by molar-refractivity contribution is 6.13. The molecule has 0 aromatic heterocycles. The summed E-state index contributed by atoms with van der Waals surface area (Å²) in [6.07, 6.45) is 0. The molecule has 0 radical (unpaired) electrons. The molecule has 1 unspecified atom stereocenters. The summed E-state index contributed by atoms with van der Waals surface area (Å²) in [4.78, 5) is 23.1. The van der Waals surface area contributed by atoms with E-state index in [0.717, 1.165) is 11.1 Å². The van der Waals surface area contributed by atoms with Gasteiger partial charge in [0.05, 0.1) is 12.7 Å². The number of likely N-dealkylation sites (N-methyl/N-ethyl adjacent to an activating group) is 1. The molecule has 1 atom stereocenters. The maximum Gasteiger partial charge on any atom is 0.328 e. The predicted octanol–water partition coefficient (Wildman–Crippen LogP) is 1.17. The summed E-state index contributed by atoms with van der Waals surface area (Å²) >= 11 is 0. The van der Waals surface area contributed by atoms with E-state index in [1.807, 2.05) is 13.8 Å². The van der Waals surface area contributed by atoms with Crippen LogP contribution in [0.1, 0.15) is 21.5 Å². The lowest BCUT2D eigenvalue weighted by Crippen LogP contribution is -2.41. The number of carboxylic acid groups (broad SMARTS) is 1. The first kappa shape index (κ1) is 14.2. The van der Waals surface area contributed by atoms with Crippen LogP contribution < -0.4 is 10.1 Å². The number of ether oxygens (including phenoxy) is 1. The molecule has 18 heavy (non-hydrogen) atoms. The minimum Gasteiger partial charge on any atom is -0.496 e. The van der Waals surface area contributed by atoms with Crippen molar-refractivity contribution in [2.45, 2.75) is 19.9 Å². The molecule has 1 rings (SSSR count). The number of methoxy groups -OCH3 is 1. The number of carbonyl (C=O) groups excluding carboxylic acids is 1.